The minimum Gasteiger partial charge on any atom is -0.469 e. The number of methoxy groups -OCH3 is 1. The van der Waals surface area contributed by atoms with E-state index >= 15 is 0 Å². The lowest BCUT2D eigenvalue weighted by molar-refractivity contribution is -0.141. The highest BCUT2D eigenvalue weighted by Crippen LogP contribution is 2.25. The molecule has 0 saturated carbocycles. The zero-order valence-electron chi connectivity index (χ0n) is 10.7. The summed E-state index contributed by atoms with van der Waals surface area (Å²) in [5, 5.41) is -0.444. The van der Waals surface area contributed by atoms with Crippen LogP contribution in [-0.4, -0.2) is 43.6 Å². The Morgan fingerprint density at radius 3 is 2.59 bits per heavy atom. The molecule has 17 heavy (non-hydrogen) atoms. The average Bonchev–Trinajstić information content (AvgIpc) is 2.29. The fourth-order valence-electron chi connectivity index (χ4n) is 2.06. The van der Waals surface area contributed by atoms with Crippen LogP contribution in [0.5, 0.6) is 0 Å². The largest absolute Gasteiger partial charge is 0.469 e. The maximum absolute atomic E-state index is 12.1. The van der Waals surface area contributed by atoms with E-state index in [1.54, 1.807) is 13.8 Å². The third-order valence-electron chi connectivity index (χ3n) is 3.13. The van der Waals surface area contributed by atoms with Gasteiger partial charge in [0.15, 0.2) is 0 Å². The lowest BCUT2D eigenvalue weighted by Gasteiger charge is -2.35. The van der Waals surface area contributed by atoms with Crippen LogP contribution in [-0.2, 0) is 19.6 Å². The first-order valence-corrected chi connectivity index (χ1v) is 7.47. The van der Waals surface area contributed by atoms with Crippen molar-refractivity contribution < 1.29 is 17.9 Å². The van der Waals surface area contributed by atoms with Crippen molar-refractivity contribution in [2.75, 3.05) is 13.7 Å². The molecule has 1 rings (SSSR count). The molecule has 0 spiro atoms. The predicted octanol–water partition coefficient (Wildman–Crippen LogP) is 1.14. The molecule has 1 fully saturated rings. The Bertz CT molecular complexity index is 364. The summed E-state index contributed by atoms with van der Waals surface area (Å²) in [5.41, 5.74) is 0. The summed E-state index contributed by atoms with van der Waals surface area (Å²) in [5.74, 6) is -0.346. The fraction of sp³-hybridized carbons (Fsp3) is 0.909. The van der Waals surface area contributed by atoms with Gasteiger partial charge >= 0.3 is 5.97 Å². The second-order valence-corrected chi connectivity index (χ2v) is 7.08. The summed E-state index contributed by atoms with van der Waals surface area (Å²) in [6.07, 6.45) is 2.72. The quantitative estimate of drug-likeness (QED) is 0.714. The van der Waals surface area contributed by atoms with Crippen molar-refractivity contribution in [3.8, 4) is 0 Å². The number of piperidine rings is 1. The lowest BCUT2D eigenvalue weighted by atomic mass is 10.0. The highest BCUT2D eigenvalue weighted by molar-refractivity contribution is 7.89. The normalized spacial score (nSPS) is 22.7. The van der Waals surface area contributed by atoms with Crippen molar-refractivity contribution in [2.45, 2.75) is 50.8 Å². The molecule has 0 radical (unpaired) electrons. The van der Waals surface area contributed by atoms with E-state index in [0.29, 0.717) is 6.54 Å². The van der Waals surface area contributed by atoms with Gasteiger partial charge in [-0.05, 0) is 26.7 Å². The molecule has 0 aromatic heterocycles. The summed E-state index contributed by atoms with van der Waals surface area (Å²) >= 11 is 0. The monoisotopic (exact) mass is 263 g/mol. The molecule has 1 atom stereocenters. The third kappa shape index (κ3) is 3.42. The Labute approximate surface area is 103 Å². The van der Waals surface area contributed by atoms with Gasteiger partial charge in [-0.3, -0.25) is 4.79 Å². The molecule has 0 aromatic rings. The Hall–Kier alpha value is -0.620. The number of rotatable bonds is 4. The number of carbonyl (C=O) groups excluding carboxylic acids is 1. The Morgan fingerprint density at radius 1 is 1.41 bits per heavy atom. The van der Waals surface area contributed by atoms with Crippen molar-refractivity contribution >= 4 is 16.0 Å². The third-order valence-corrected chi connectivity index (χ3v) is 5.45. The van der Waals surface area contributed by atoms with Gasteiger partial charge in [0.05, 0.1) is 18.8 Å². The smallest absolute Gasteiger partial charge is 0.307 e. The first-order valence-electron chi connectivity index (χ1n) is 5.97. The van der Waals surface area contributed by atoms with Crippen molar-refractivity contribution in [3.05, 3.63) is 0 Å². The van der Waals surface area contributed by atoms with Gasteiger partial charge in [0.2, 0.25) is 10.0 Å². The van der Waals surface area contributed by atoms with E-state index in [2.05, 4.69) is 4.74 Å². The van der Waals surface area contributed by atoms with Crippen LogP contribution in [0.3, 0.4) is 0 Å². The van der Waals surface area contributed by atoms with Gasteiger partial charge in [0, 0.05) is 12.6 Å². The minimum atomic E-state index is -3.28. The standard InChI is InChI=1S/C11H21NO4S/c1-9(2)17(14,15)12-7-5-4-6-10(12)8-11(13)16-3/h9-10H,4-8H2,1-3H3. The van der Waals surface area contributed by atoms with Crippen LogP contribution in [0.15, 0.2) is 0 Å². The van der Waals surface area contributed by atoms with E-state index in [-0.39, 0.29) is 18.4 Å². The van der Waals surface area contributed by atoms with Gasteiger partial charge < -0.3 is 4.74 Å². The Morgan fingerprint density at radius 2 is 2.06 bits per heavy atom. The zero-order chi connectivity index (χ0) is 13.1. The van der Waals surface area contributed by atoms with Crippen LogP contribution in [0.25, 0.3) is 0 Å². The van der Waals surface area contributed by atoms with E-state index in [1.165, 1.54) is 11.4 Å². The molecule has 1 heterocycles. The molecule has 0 aliphatic carbocycles. The number of hydrogen-bond donors (Lipinski definition) is 0. The predicted molar refractivity (Wildman–Crippen MR) is 65.0 cm³/mol. The van der Waals surface area contributed by atoms with Crippen molar-refractivity contribution in [3.63, 3.8) is 0 Å². The SMILES string of the molecule is COC(=O)CC1CCCCN1S(=O)(=O)C(C)C. The van der Waals surface area contributed by atoms with E-state index in [9.17, 15) is 13.2 Å². The summed E-state index contributed by atoms with van der Waals surface area (Å²) in [7, 11) is -1.95. The molecular weight excluding hydrogens is 242 g/mol. The molecule has 1 saturated heterocycles. The highest BCUT2D eigenvalue weighted by Gasteiger charge is 2.35. The molecule has 6 heteroatoms. The van der Waals surface area contributed by atoms with Gasteiger partial charge in [-0.2, -0.15) is 4.31 Å². The molecule has 0 aromatic carbocycles. The van der Waals surface area contributed by atoms with Crippen LogP contribution in [0.1, 0.15) is 39.5 Å². The molecule has 0 N–H and O–H groups in total. The number of hydrogen-bond acceptors (Lipinski definition) is 4. The van der Waals surface area contributed by atoms with E-state index in [0.717, 1.165) is 19.3 Å². The van der Waals surface area contributed by atoms with Gasteiger partial charge in [0.1, 0.15) is 0 Å². The average molecular weight is 263 g/mol. The van der Waals surface area contributed by atoms with E-state index in [1.807, 2.05) is 0 Å². The summed E-state index contributed by atoms with van der Waals surface area (Å²) in [6.45, 7) is 3.85. The van der Waals surface area contributed by atoms with Crippen LogP contribution in [0.4, 0.5) is 0 Å². The summed E-state index contributed by atoms with van der Waals surface area (Å²) < 4.78 is 30.4. The minimum absolute atomic E-state index is 0.155. The number of esters is 1. The Balaban J connectivity index is 2.83. The first-order chi connectivity index (χ1) is 7.89. The molecule has 0 bridgehead atoms. The molecule has 1 aliphatic heterocycles. The fourth-order valence-corrected chi connectivity index (χ4v) is 3.58. The van der Waals surface area contributed by atoms with E-state index < -0.39 is 15.3 Å². The maximum Gasteiger partial charge on any atom is 0.307 e. The molecular formula is C11H21NO4S. The number of carbonyl (C=O) groups is 1. The lowest BCUT2D eigenvalue weighted by Crippen LogP contribution is -2.47. The first kappa shape index (κ1) is 14.4. The summed E-state index contributed by atoms with van der Waals surface area (Å²) in [4.78, 5) is 11.3. The molecule has 100 valence electrons. The molecule has 1 aliphatic rings. The number of ether oxygens (including phenoxy) is 1. The second kappa shape index (κ2) is 5.82. The number of sulfonamides is 1. The van der Waals surface area contributed by atoms with Crippen LogP contribution in [0.2, 0.25) is 0 Å². The van der Waals surface area contributed by atoms with Crippen LogP contribution < -0.4 is 0 Å². The Kier molecular flexibility index (Phi) is 4.94. The maximum atomic E-state index is 12.1. The summed E-state index contributed by atoms with van der Waals surface area (Å²) in [6, 6.07) is -0.233. The van der Waals surface area contributed by atoms with Crippen LogP contribution in [0, 0.1) is 0 Å². The van der Waals surface area contributed by atoms with Crippen molar-refractivity contribution in [1.82, 2.24) is 4.31 Å². The topological polar surface area (TPSA) is 63.7 Å². The van der Waals surface area contributed by atoms with Crippen LogP contribution >= 0.6 is 0 Å². The number of nitrogens with zero attached hydrogens (tertiary/aromatic N) is 1. The van der Waals surface area contributed by atoms with Crippen molar-refractivity contribution in [1.29, 1.82) is 0 Å². The van der Waals surface area contributed by atoms with Gasteiger partial charge in [-0.15, -0.1) is 0 Å². The molecule has 5 nitrogen and oxygen atoms in total. The van der Waals surface area contributed by atoms with E-state index in [4.69, 9.17) is 0 Å². The van der Waals surface area contributed by atoms with Crippen molar-refractivity contribution in [2.24, 2.45) is 0 Å². The van der Waals surface area contributed by atoms with Gasteiger partial charge in [-0.1, -0.05) is 6.42 Å². The zero-order valence-corrected chi connectivity index (χ0v) is 11.5. The second-order valence-electron chi connectivity index (χ2n) is 4.63. The van der Waals surface area contributed by atoms with Gasteiger partial charge in [-0.25, -0.2) is 8.42 Å². The highest BCUT2D eigenvalue weighted by atomic mass is 32.2. The molecule has 0 amide bonds. The molecule has 1 unspecified atom stereocenters. The van der Waals surface area contributed by atoms with Gasteiger partial charge in [0.25, 0.3) is 0 Å².